The summed E-state index contributed by atoms with van der Waals surface area (Å²) in [6.07, 6.45) is 10.1. The first kappa shape index (κ1) is 16.4. The fraction of sp³-hybridized carbons (Fsp3) is 0.900. The molecule has 2 unspecified atom stereocenters. The number of likely N-dealkylation sites (tertiary alicyclic amines) is 1. The van der Waals surface area contributed by atoms with Gasteiger partial charge in [-0.3, -0.25) is 9.59 Å². The van der Waals surface area contributed by atoms with Crippen LogP contribution in [0, 0.1) is 23.2 Å². The van der Waals surface area contributed by atoms with Crippen LogP contribution >= 0.6 is 0 Å². The normalized spacial score (nSPS) is 41.5. The van der Waals surface area contributed by atoms with E-state index in [2.05, 4.69) is 12.2 Å². The van der Waals surface area contributed by atoms with Crippen molar-refractivity contribution in [1.29, 1.82) is 0 Å². The van der Waals surface area contributed by atoms with Crippen molar-refractivity contribution in [3.63, 3.8) is 0 Å². The molecule has 24 heavy (non-hydrogen) atoms. The smallest absolute Gasteiger partial charge is 0.243 e. The zero-order valence-corrected chi connectivity index (χ0v) is 15.2. The van der Waals surface area contributed by atoms with Crippen LogP contribution < -0.4 is 5.32 Å². The van der Waals surface area contributed by atoms with Crippen molar-refractivity contribution < 1.29 is 9.59 Å². The van der Waals surface area contributed by atoms with E-state index in [-0.39, 0.29) is 23.4 Å². The largest absolute Gasteiger partial charge is 0.352 e. The van der Waals surface area contributed by atoms with E-state index in [9.17, 15) is 9.59 Å². The first-order chi connectivity index (χ1) is 11.5. The van der Waals surface area contributed by atoms with Gasteiger partial charge >= 0.3 is 0 Å². The zero-order valence-electron chi connectivity index (χ0n) is 15.2. The lowest BCUT2D eigenvalue weighted by molar-refractivity contribution is -0.160. The molecule has 134 valence electrons. The predicted molar refractivity (Wildman–Crippen MR) is 93.2 cm³/mol. The molecule has 1 aliphatic heterocycles. The summed E-state index contributed by atoms with van der Waals surface area (Å²) in [5.74, 6) is 2.71. The Balaban J connectivity index is 1.50. The van der Waals surface area contributed by atoms with Gasteiger partial charge in [-0.05, 0) is 82.5 Å². The summed E-state index contributed by atoms with van der Waals surface area (Å²) in [6, 6.07) is -0.0332. The van der Waals surface area contributed by atoms with E-state index in [1.54, 1.807) is 0 Å². The number of carbonyl (C=O) groups is 2. The molecule has 1 heterocycles. The Morgan fingerprint density at radius 1 is 1.12 bits per heavy atom. The minimum atomic E-state index is -0.223. The average Bonchev–Trinajstić information content (AvgIpc) is 3.02. The monoisotopic (exact) mass is 332 g/mol. The molecule has 2 amide bonds. The Kier molecular flexibility index (Phi) is 4.12. The van der Waals surface area contributed by atoms with E-state index in [4.69, 9.17) is 0 Å². The number of hydrogen-bond donors (Lipinski definition) is 1. The van der Waals surface area contributed by atoms with Crippen molar-refractivity contribution in [3.8, 4) is 0 Å². The highest BCUT2D eigenvalue weighted by Crippen LogP contribution is 2.60. The molecule has 4 saturated carbocycles. The highest BCUT2D eigenvalue weighted by Gasteiger charge is 2.56. The molecule has 4 nitrogen and oxygen atoms in total. The van der Waals surface area contributed by atoms with Gasteiger partial charge in [-0.15, -0.1) is 0 Å². The van der Waals surface area contributed by atoms with Crippen molar-refractivity contribution in [3.05, 3.63) is 0 Å². The third-order valence-corrected chi connectivity index (χ3v) is 7.31. The molecule has 4 heteroatoms. The number of nitrogens with one attached hydrogen (secondary N) is 1. The minimum absolute atomic E-state index is 0.0694. The fourth-order valence-electron chi connectivity index (χ4n) is 6.40. The number of rotatable bonds is 4. The highest BCUT2D eigenvalue weighted by atomic mass is 16.2. The predicted octanol–water partition coefficient (Wildman–Crippen LogP) is 3.11. The van der Waals surface area contributed by atoms with Crippen LogP contribution in [0.15, 0.2) is 0 Å². The van der Waals surface area contributed by atoms with E-state index in [1.165, 1.54) is 19.3 Å². The fourth-order valence-corrected chi connectivity index (χ4v) is 6.40. The van der Waals surface area contributed by atoms with Gasteiger partial charge in [0.15, 0.2) is 0 Å². The molecule has 2 atom stereocenters. The van der Waals surface area contributed by atoms with Crippen molar-refractivity contribution in [1.82, 2.24) is 10.2 Å². The molecule has 5 aliphatic rings. The number of hydrogen-bond acceptors (Lipinski definition) is 2. The zero-order chi connectivity index (χ0) is 16.9. The molecule has 5 rings (SSSR count). The van der Waals surface area contributed by atoms with Gasteiger partial charge in [-0.1, -0.05) is 6.92 Å². The van der Waals surface area contributed by atoms with Crippen molar-refractivity contribution >= 4 is 11.8 Å². The molecule has 0 aromatic heterocycles. The van der Waals surface area contributed by atoms with Crippen LogP contribution in [0.5, 0.6) is 0 Å². The van der Waals surface area contributed by atoms with Crippen LogP contribution in [0.25, 0.3) is 0 Å². The summed E-state index contributed by atoms with van der Waals surface area (Å²) in [6.45, 7) is 4.90. The molecule has 5 fully saturated rings. The maximum atomic E-state index is 13.5. The van der Waals surface area contributed by atoms with Crippen LogP contribution in [0.2, 0.25) is 0 Å². The minimum Gasteiger partial charge on any atom is -0.352 e. The summed E-state index contributed by atoms with van der Waals surface area (Å²) < 4.78 is 0. The lowest BCUT2D eigenvalue weighted by Gasteiger charge is -2.56. The lowest BCUT2D eigenvalue weighted by atomic mass is 9.49. The Labute approximate surface area is 145 Å². The third kappa shape index (κ3) is 2.66. The van der Waals surface area contributed by atoms with Crippen LogP contribution in [0.4, 0.5) is 0 Å². The van der Waals surface area contributed by atoms with E-state index < -0.39 is 0 Å². The van der Waals surface area contributed by atoms with E-state index >= 15 is 0 Å². The summed E-state index contributed by atoms with van der Waals surface area (Å²) in [7, 11) is 0. The van der Waals surface area contributed by atoms with Crippen molar-refractivity contribution in [2.24, 2.45) is 23.2 Å². The van der Waals surface area contributed by atoms with E-state index in [0.717, 1.165) is 62.8 Å². The van der Waals surface area contributed by atoms with Crippen LogP contribution in [0.1, 0.15) is 71.6 Å². The maximum absolute atomic E-state index is 13.5. The Morgan fingerprint density at radius 2 is 1.71 bits per heavy atom. The van der Waals surface area contributed by atoms with E-state index in [1.807, 2.05) is 11.8 Å². The quantitative estimate of drug-likeness (QED) is 0.860. The van der Waals surface area contributed by atoms with E-state index in [0.29, 0.717) is 5.91 Å². The molecule has 0 aromatic rings. The Bertz CT molecular complexity index is 494. The van der Waals surface area contributed by atoms with Gasteiger partial charge < -0.3 is 10.2 Å². The SMILES string of the molecule is CCC(C)NC(=O)C1CCCN1C(=O)C12CC3CC(CC(C3)C1)C2. The van der Waals surface area contributed by atoms with Gasteiger partial charge in [0.1, 0.15) is 6.04 Å². The topological polar surface area (TPSA) is 49.4 Å². The van der Waals surface area contributed by atoms with Gasteiger partial charge in [0.25, 0.3) is 0 Å². The summed E-state index contributed by atoms with van der Waals surface area (Å²) >= 11 is 0. The van der Waals surface area contributed by atoms with Crippen LogP contribution in [-0.4, -0.2) is 35.3 Å². The molecule has 4 aliphatic carbocycles. The lowest BCUT2D eigenvalue weighted by Crippen LogP contribution is -2.57. The molecule has 1 N–H and O–H groups in total. The highest BCUT2D eigenvalue weighted by molar-refractivity contribution is 5.91. The van der Waals surface area contributed by atoms with Gasteiger partial charge in [-0.25, -0.2) is 0 Å². The maximum Gasteiger partial charge on any atom is 0.243 e. The Morgan fingerprint density at radius 3 is 2.25 bits per heavy atom. The second-order valence-electron chi connectivity index (χ2n) is 9.17. The van der Waals surface area contributed by atoms with Crippen LogP contribution in [0.3, 0.4) is 0 Å². The third-order valence-electron chi connectivity index (χ3n) is 7.31. The second-order valence-corrected chi connectivity index (χ2v) is 9.17. The van der Waals surface area contributed by atoms with Gasteiger partial charge in [0.2, 0.25) is 11.8 Å². The summed E-state index contributed by atoms with van der Waals surface area (Å²) in [4.78, 5) is 28.1. The van der Waals surface area contributed by atoms with Gasteiger partial charge in [-0.2, -0.15) is 0 Å². The van der Waals surface area contributed by atoms with Crippen LogP contribution in [-0.2, 0) is 9.59 Å². The molecule has 4 bridgehead atoms. The summed E-state index contributed by atoms with van der Waals surface area (Å²) in [5, 5.41) is 3.10. The molecule has 0 aromatic carbocycles. The molecular formula is C20H32N2O2. The molecular weight excluding hydrogens is 300 g/mol. The van der Waals surface area contributed by atoms with Crippen molar-refractivity contribution in [2.45, 2.75) is 83.7 Å². The number of carbonyl (C=O) groups excluding carboxylic acids is 2. The average molecular weight is 332 g/mol. The Hall–Kier alpha value is -1.06. The molecule has 0 spiro atoms. The first-order valence-corrected chi connectivity index (χ1v) is 10.1. The number of nitrogens with zero attached hydrogens (tertiary/aromatic N) is 1. The molecule has 1 saturated heterocycles. The standard InChI is InChI=1S/C20H32N2O2/c1-3-13(2)21-18(23)17-5-4-6-22(17)19(24)20-10-14-7-15(11-20)9-16(8-14)12-20/h13-17H,3-12H2,1-2H3,(H,21,23). The molecule has 0 radical (unpaired) electrons. The van der Waals surface area contributed by atoms with Gasteiger partial charge in [0, 0.05) is 12.6 Å². The second kappa shape index (κ2) is 6.03. The number of amides is 2. The first-order valence-electron chi connectivity index (χ1n) is 10.1. The van der Waals surface area contributed by atoms with Gasteiger partial charge in [0.05, 0.1) is 5.41 Å². The summed E-state index contributed by atoms with van der Waals surface area (Å²) in [5.41, 5.74) is -0.117. The van der Waals surface area contributed by atoms with Crippen molar-refractivity contribution in [2.75, 3.05) is 6.54 Å².